The van der Waals surface area contributed by atoms with E-state index in [9.17, 15) is 18.4 Å². The molecule has 0 aromatic rings. The van der Waals surface area contributed by atoms with Crippen LogP contribution in [0.3, 0.4) is 0 Å². The summed E-state index contributed by atoms with van der Waals surface area (Å²) in [6.07, 6.45) is -0.0348. The summed E-state index contributed by atoms with van der Waals surface area (Å²) in [4.78, 5) is 25.1. The van der Waals surface area contributed by atoms with E-state index in [0.29, 0.717) is 13.2 Å². The number of amides is 1. The van der Waals surface area contributed by atoms with E-state index in [1.165, 1.54) is 19.1 Å². The summed E-state index contributed by atoms with van der Waals surface area (Å²) in [6.45, 7) is 0.913. The molecule has 1 saturated carbocycles. The van der Waals surface area contributed by atoms with E-state index in [0.717, 1.165) is 0 Å². The van der Waals surface area contributed by atoms with E-state index in [1.54, 1.807) is 0 Å². The molecular formula is C14H23F2NO4. The molecule has 5 nitrogen and oxygen atoms in total. The first-order valence-corrected chi connectivity index (χ1v) is 7.12. The molecule has 0 aromatic carbocycles. The molecule has 0 aliphatic heterocycles. The second-order valence-corrected chi connectivity index (χ2v) is 5.27. The van der Waals surface area contributed by atoms with Gasteiger partial charge >= 0.3 is 5.97 Å². The lowest BCUT2D eigenvalue weighted by atomic mass is 9.86. The van der Waals surface area contributed by atoms with Gasteiger partial charge in [-0.1, -0.05) is 0 Å². The van der Waals surface area contributed by atoms with Gasteiger partial charge in [-0.3, -0.25) is 9.59 Å². The number of ether oxygens (including phenoxy) is 2. The van der Waals surface area contributed by atoms with Gasteiger partial charge in [-0.15, -0.1) is 0 Å². The summed E-state index contributed by atoms with van der Waals surface area (Å²) in [5.74, 6) is -3.62. The summed E-state index contributed by atoms with van der Waals surface area (Å²) in [6, 6.07) is 0. The summed E-state index contributed by atoms with van der Waals surface area (Å²) < 4.78 is 35.8. The molecule has 0 radical (unpaired) electrons. The van der Waals surface area contributed by atoms with Crippen LogP contribution in [0.5, 0.6) is 0 Å². The molecule has 122 valence electrons. The molecule has 0 N–H and O–H groups in total. The number of nitrogens with zero attached hydrogens (tertiary/aromatic N) is 1. The smallest absolute Gasteiger partial charge is 0.307 e. The number of alkyl halides is 2. The van der Waals surface area contributed by atoms with Crippen molar-refractivity contribution >= 4 is 11.9 Å². The number of esters is 1. The second-order valence-electron chi connectivity index (χ2n) is 5.27. The Bertz CT molecular complexity index is 353. The lowest BCUT2D eigenvalue weighted by molar-refractivity contribution is -0.144. The van der Waals surface area contributed by atoms with Crippen molar-refractivity contribution in [1.29, 1.82) is 0 Å². The molecule has 0 saturated heterocycles. The van der Waals surface area contributed by atoms with Crippen LogP contribution in [0.15, 0.2) is 0 Å². The number of hydrogen-bond acceptors (Lipinski definition) is 4. The molecular weight excluding hydrogens is 284 g/mol. The van der Waals surface area contributed by atoms with Crippen molar-refractivity contribution in [3.05, 3.63) is 0 Å². The summed E-state index contributed by atoms with van der Waals surface area (Å²) in [5, 5.41) is 0. The Hall–Kier alpha value is -1.24. The lowest BCUT2D eigenvalue weighted by Crippen LogP contribution is -2.42. The van der Waals surface area contributed by atoms with Crippen molar-refractivity contribution in [3.63, 3.8) is 0 Å². The SMILES string of the molecule is COCCN(CCC(=O)OC)C(=O)C1CCC(F)(F)CC1. The predicted molar refractivity (Wildman–Crippen MR) is 72.0 cm³/mol. The summed E-state index contributed by atoms with van der Waals surface area (Å²) in [7, 11) is 2.80. The molecule has 0 aromatic heterocycles. The van der Waals surface area contributed by atoms with Gasteiger partial charge in [-0.2, -0.15) is 0 Å². The first kappa shape index (κ1) is 17.8. The van der Waals surface area contributed by atoms with Crippen molar-refractivity contribution < 1.29 is 27.8 Å². The van der Waals surface area contributed by atoms with Crippen LogP contribution in [0, 0.1) is 5.92 Å². The van der Waals surface area contributed by atoms with E-state index in [4.69, 9.17) is 4.74 Å². The lowest BCUT2D eigenvalue weighted by Gasteiger charge is -2.31. The number of hydrogen-bond donors (Lipinski definition) is 0. The molecule has 1 aliphatic rings. The second kappa shape index (κ2) is 8.26. The van der Waals surface area contributed by atoms with E-state index in [-0.39, 0.29) is 50.5 Å². The fraction of sp³-hybridized carbons (Fsp3) is 0.857. The number of rotatable bonds is 7. The highest BCUT2D eigenvalue weighted by atomic mass is 19.3. The maximum absolute atomic E-state index is 13.1. The fourth-order valence-electron chi connectivity index (χ4n) is 2.41. The molecule has 1 fully saturated rings. The average molecular weight is 307 g/mol. The molecule has 0 spiro atoms. The van der Waals surface area contributed by atoms with Crippen molar-refractivity contribution in [1.82, 2.24) is 4.90 Å². The minimum Gasteiger partial charge on any atom is -0.469 e. The topological polar surface area (TPSA) is 55.8 Å². The van der Waals surface area contributed by atoms with E-state index in [1.807, 2.05) is 0 Å². The Morgan fingerprint density at radius 1 is 1.19 bits per heavy atom. The van der Waals surface area contributed by atoms with E-state index >= 15 is 0 Å². The minimum absolute atomic E-state index is 0.0921. The molecule has 0 unspecified atom stereocenters. The first-order valence-electron chi connectivity index (χ1n) is 7.12. The Morgan fingerprint density at radius 2 is 1.81 bits per heavy atom. The quantitative estimate of drug-likeness (QED) is 0.674. The Morgan fingerprint density at radius 3 is 2.33 bits per heavy atom. The van der Waals surface area contributed by atoms with Gasteiger partial charge < -0.3 is 14.4 Å². The van der Waals surface area contributed by atoms with Gasteiger partial charge in [0.05, 0.1) is 20.1 Å². The van der Waals surface area contributed by atoms with Crippen LogP contribution in [0.4, 0.5) is 8.78 Å². The van der Waals surface area contributed by atoms with Crippen molar-refractivity contribution in [3.8, 4) is 0 Å². The van der Waals surface area contributed by atoms with Crippen LogP contribution in [-0.2, 0) is 19.1 Å². The molecule has 0 heterocycles. The van der Waals surface area contributed by atoms with Crippen LogP contribution >= 0.6 is 0 Å². The third-order valence-electron chi connectivity index (χ3n) is 3.76. The number of carbonyl (C=O) groups excluding carboxylic acids is 2. The normalized spacial score (nSPS) is 18.3. The molecule has 0 bridgehead atoms. The number of carbonyl (C=O) groups is 2. The van der Waals surface area contributed by atoms with Gasteiger partial charge in [-0.05, 0) is 12.8 Å². The van der Waals surface area contributed by atoms with Crippen LogP contribution in [0.1, 0.15) is 32.1 Å². The largest absolute Gasteiger partial charge is 0.469 e. The molecule has 1 aliphatic carbocycles. The van der Waals surface area contributed by atoms with Crippen molar-refractivity contribution in [2.75, 3.05) is 33.9 Å². The summed E-state index contributed by atoms with van der Waals surface area (Å²) in [5.41, 5.74) is 0. The third-order valence-corrected chi connectivity index (χ3v) is 3.76. The molecule has 0 atom stereocenters. The maximum atomic E-state index is 13.1. The first-order chi connectivity index (χ1) is 9.89. The summed E-state index contributed by atoms with van der Waals surface area (Å²) >= 11 is 0. The van der Waals surface area contributed by atoms with Gasteiger partial charge in [0.25, 0.3) is 0 Å². The minimum atomic E-state index is -2.65. The maximum Gasteiger partial charge on any atom is 0.307 e. The zero-order valence-electron chi connectivity index (χ0n) is 12.6. The van der Waals surface area contributed by atoms with Gasteiger partial charge in [0.15, 0.2) is 0 Å². The van der Waals surface area contributed by atoms with Crippen LogP contribution in [0.2, 0.25) is 0 Å². The highest BCUT2D eigenvalue weighted by Gasteiger charge is 2.38. The van der Waals surface area contributed by atoms with Crippen molar-refractivity contribution in [2.45, 2.75) is 38.0 Å². The third kappa shape index (κ3) is 5.95. The highest BCUT2D eigenvalue weighted by Crippen LogP contribution is 2.36. The van der Waals surface area contributed by atoms with E-state index in [2.05, 4.69) is 4.74 Å². The predicted octanol–water partition coefficient (Wildman–Crippen LogP) is 1.85. The van der Waals surface area contributed by atoms with Gasteiger partial charge in [-0.25, -0.2) is 8.78 Å². The molecule has 1 rings (SSSR count). The monoisotopic (exact) mass is 307 g/mol. The van der Waals surface area contributed by atoms with Crippen LogP contribution in [-0.4, -0.2) is 56.6 Å². The van der Waals surface area contributed by atoms with Crippen molar-refractivity contribution in [2.24, 2.45) is 5.92 Å². The molecule has 21 heavy (non-hydrogen) atoms. The standard InChI is InChI=1S/C14H23F2NO4/c1-20-10-9-17(8-5-12(18)21-2)13(19)11-3-6-14(15,16)7-4-11/h11H,3-10H2,1-2H3. The highest BCUT2D eigenvalue weighted by molar-refractivity contribution is 5.79. The zero-order chi connectivity index (χ0) is 15.9. The Labute approximate surface area is 123 Å². The van der Waals surface area contributed by atoms with Crippen LogP contribution in [0.25, 0.3) is 0 Å². The molecule has 1 amide bonds. The van der Waals surface area contributed by atoms with Gasteiger partial charge in [0.2, 0.25) is 11.8 Å². The number of halogens is 2. The van der Waals surface area contributed by atoms with Gasteiger partial charge in [0.1, 0.15) is 0 Å². The fourth-order valence-corrected chi connectivity index (χ4v) is 2.41. The Balaban J connectivity index is 2.56. The van der Waals surface area contributed by atoms with Gasteiger partial charge in [0, 0.05) is 39.0 Å². The Kier molecular flexibility index (Phi) is 7.01. The number of methoxy groups -OCH3 is 2. The van der Waals surface area contributed by atoms with Crippen LogP contribution < -0.4 is 0 Å². The molecule has 7 heteroatoms. The van der Waals surface area contributed by atoms with E-state index < -0.39 is 11.9 Å². The average Bonchev–Trinajstić information content (AvgIpc) is 2.46. The zero-order valence-corrected chi connectivity index (χ0v) is 12.6.